The Labute approximate surface area is 171 Å². The lowest BCUT2D eigenvalue weighted by atomic mass is 9.95. The Morgan fingerprint density at radius 1 is 0.966 bits per heavy atom. The lowest BCUT2D eigenvalue weighted by molar-refractivity contribution is 0.471. The van der Waals surface area contributed by atoms with E-state index in [4.69, 9.17) is 17.1 Å². The van der Waals surface area contributed by atoms with E-state index in [-0.39, 0.29) is 5.75 Å². The SMILES string of the molecule is [N-]=[N+]=Nc1cccc(C(Nc2ccccn2)c2ccc3cccnc3c2O)c1Cl. The first-order valence-corrected chi connectivity index (χ1v) is 9.14. The molecule has 8 heteroatoms. The molecule has 0 aliphatic carbocycles. The number of aromatic nitrogens is 2. The van der Waals surface area contributed by atoms with Gasteiger partial charge in [-0.2, -0.15) is 0 Å². The fraction of sp³-hybridized carbons (Fsp3) is 0.0476. The summed E-state index contributed by atoms with van der Waals surface area (Å²) in [6.45, 7) is 0. The van der Waals surface area contributed by atoms with Crippen molar-refractivity contribution in [2.24, 2.45) is 5.11 Å². The number of rotatable bonds is 5. The van der Waals surface area contributed by atoms with Gasteiger partial charge in [-0.05, 0) is 29.3 Å². The number of anilines is 1. The summed E-state index contributed by atoms with van der Waals surface area (Å²) >= 11 is 6.55. The van der Waals surface area contributed by atoms with Crippen LogP contribution in [0.15, 0.2) is 78.2 Å². The minimum atomic E-state index is -0.558. The van der Waals surface area contributed by atoms with Crippen LogP contribution >= 0.6 is 11.6 Å². The van der Waals surface area contributed by atoms with Crippen LogP contribution in [0.2, 0.25) is 5.02 Å². The number of nitrogens with one attached hydrogen (secondary N) is 1. The Morgan fingerprint density at radius 2 is 1.83 bits per heavy atom. The second-order valence-corrected chi connectivity index (χ2v) is 6.62. The Balaban J connectivity index is 1.92. The molecule has 1 unspecified atom stereocenters. The van der Waals surface area contributed by atoms with Crippen LogP contribution in [0.25, 0.3) is 21.3 Å². The molecule has 0 fully saturated rings. The number of benzene rings is 2. The molecule has 0 aliphatic heterocycles. The molecule has 142 valence electrons. The average Bonchev–Trinajstić information content (AvgIpc) is 2.75. The molecule has 1 atom stereocenters. The molecule has 0 amide bonds. The Bertz CT molecular complexity index is 1220. The summed E-state index contributed by atoms with van der Waals surface area (Å²) in [5.41, 5.74) is 10.8. The quantitative estimate of drug-likeness (QED) is 0.238. The second-order valence-electron chi connectivity index (χ2n) is 6.24. The van der Waals surface area contributed by atoms with Crippen LogP contribution in [0.4, 0.5) is 11.5 Å². The lowest BCUT2D eigenvalue weighted by Crippen LogP contribution is -2.14. The van der Waals surface area contributed by atoms with Gasteiger partial charge in [0, 0.05) is 28.3 Å². The van der Waals surface area contributed by atoms with Crippen LogP contribution in [-0.2, 0) is 0 Å². The number of nitrogens with zero attached hydrogens (tertiary/aromatic N) is 5. The normalized spacial score (nSPS) is 11.6. The van der Waals surface area contributed by atoms with E-state index >= 15 is 0 Å². The van der Waals surface area contributed by atoms with E-state index in [1.807, 2.05) is 42.5 Å². The van der Waals surface area contributed by atoms with Crippen molar-refractivity contribution in [3.8, 4) is 5.75 Å². The zero-order chi connectivity index (χ0) is 20.2. The maximum atomic E-state index is 11.0. The summed E-state index contributed by atoms with van der Waals surface area (Å²) in [5, 5.41) is 19.0. The molecule has 4 rings (SSSR count). The van der Waals surface area contributed by atoms with Crippen LogP contribution in [0.1, 0.15) is 17.2 Å². The molecule has 0 saturated heterocycles. The van der Waals surface area contributed by atoms with Crippen LogP contribution in [0.5, 0.6) is 5.75 Å². The predicted molar refractivity (Wildman–Crippen MR) is 113 cm³/mol. The molecular formula is C21H15ClN6O. The van der Waals surface area contributed by atoms with Gasteiger partial charge in [-0.3, -0.25) is 4.98 Å². The van der Waals surface area contributed by atoms with Gasteiger partial charge in [0.05, 0.1) is 16.8 Å². The molecule has 2 aromatic heterocycles. The molecule has 0 saturated carbocycles. The van der Waals surface area contributed by atoms with E-state index in [0.29, 0.717) is 33.2 Å². The molecule has 0 radical (unpaired) electrons. The third kappa shape index (κ3) is 3.65. The third-order valence-electron chi connectivity index (χ3n) is 4.52. The standard InChI is InChI=1S/C21H15ClN6O/c22-18-14(6-3-7-16(18)27-28-23)20(26-17-8-1-2-11-24-17)15-10-9-13-5-4-12-25-19(13)21(15)29/h1-12,20,29H,(H,24,26). The van der Waals surface area contributed by atoms with Crippen LogP contribution in [0.3, 0.4) is 0 Å². The van der Waals surface area contributed by atoms with E-state index in [0.717, 1.165) is 5.39 Å². The van der Waals surface area contributed by atoms with Crippen molar-refractivity contribution in [3.63, 3.8) is 0 Å². The van der Waals surface area contributed by atoms with Gasteiger partial charge in [0.15, 0.2) is 0 Å². The van der Waals surface area contributed by atoms with Gasteiger partial charge in [-0.15, -0.1) is 0 Å². The highest BCUT2D eigenvalue weighted by molar-refractivity contribution is 6.33. The number of hydrogen-bond acceptors (Lipinski definition) is 5. The number of azide groups is 1. The molecule has 7 nitrogen and oxygen atoms in total. The van der Waals surface area contributed by atoms with E-state index in [2.05, 4.69) is 25.3 Å². The van der Waals surface area contributed by atoms with Gasteiger partial charge in [-0.25, -0.2) is 4.98 Å². The summed E-state index contributed by atoms with van der Waals surface area (Å²) < 4.78 is 0. The number of phenols is 1. The van der Waals surface area contributed by atoms with Crippen molar-refractivity contribution >= 4 is 34.0 Å². The Morgan fingerprint density at radius 3 is 2.62 bits per heavy atom. The monoisotopic (exact) mass is 402 g/mol. The summed E-state index contributed by atoms with van der Waals surface area (Å²) in [7, 11) is 0. The highest BCUT2D eigenvalue weighted by Crippen LogP contribution is 2.41. The first kappa shape index (κ1) is 18.6. The maximum Gasteiger partial charge on any atom is 0.147 e. The summed E-state index contributed by atoms with van der Waals surface area (Å²) in [6, 6.07) is 17.5. The van der Waals surface area contributed by atoms with E-state index in [1.165, 1.54) is 0 Å². The van der Waals surface area contributed by atoms with E-state index in [9.17, 15) is 5.11 Å². The van der Waals surface area contributed by atoms with Crippen LogP contribution in [-0.4, -0.2) is 15.1 Å². The largest absolute Gasteiger partial charge is 0.505 e. The van der Waals surface area contributed by atoms with Gasteiger partial charge < -0.3 is 10.4 Å². The van der Waals surface area contributed by atoms with Gasteiger partial charge in [0.25, 0.3) is 0 Å². The molecule has 2 N–H and O–H groups in total. The van der Waals surface area contributed by atoms with Crippen LogP contribution < -0.4 is 5.32 Å². The number of halogens is 1. The molecule has 2 heterocycles. The predicted octanol–water partition coefficient (Wildman–Crippen LogP) is 6.13. The molecule has 4 aromatic rings. The van der Waals surface area contributed by atoms with E-state index < -0.39 is 6.04 Å². The third-order valence-corrected chi connectivity index (χ3v) is 4.93. The second kappa shape index (κ2) is 8.06. The zero-order valence-electron chi connectivity index (χ0n) is 15.1. The van der Waals surface area contributed by atoms with Crippen molar-refractivity contribution in [1.82, 2.24) is 9.97 Å². The summed E-state index contributed by atoms with van der Waals surface area (Å²) in [4.78, 5) is 11.4. The van der Waals surface area contributed by atoms with Crippen molar-refractivity contribution in [3.05, 3.63) is 99.6 Å². The molecule has 0 aliphatic rings. The molecular weight excluding hydrogens is 388 g/mol. The van der Waals surface area contributed by atoms with E-state index in [1.54, 1.807) is 30.6 Å². The number of aromatic hydroxyl groups is 1. The maximum absolute atomic E-state index is 11.0. The topological polar surface area (TPSA) is 107 Å². The fourth-order valence-corrected chi connectivity index (χ4v) is 3.46. The zero-order valence-corrected chi connectivity index (χ0v) is 15.8. The number of pyridine rings is 2. The Kier molecular flexibility index (Phi) is 5.16. The van der Waals surface area contributed by atoms with Crippen LogP contribution in [0, 0.1) is 0 Å². The first-order chi connectivity index (χ1) is 14.2. The average molecular weight is 403 g/mol. The minimum Gasteiger partial charge on any atom is -0.505 e. The van der Waals surface area contributed by atoms with Crippen molar-refractivity contribution < 1.29 is 5.11 Å². The number of hydrogen-bond donors (Lipinski definition) is 2. The highest BCUT2D eigenvalue weighted by atomic mass is 35.5. The molecule has 0 bridgehead atoms. The summed E-state index contributed by atoms with van der Waals surface area (Å²) in [6.07, 6.45) is 3.29. The van der Waals surface area contributed by atoms with Crippen molar-refractivity contribution in [2.75, 3.05) is 5.32 Å². The molecule has 2 aromatic carbocycles. The van der Waals surface area contributed by atoms with Gasteiger partial charge >= 0.3 is 0 Å². The lowest BCUT2D eigenvalue weighted by Gasteiger charge is -2.23. The van der Waals surface area contributed by atoms with Crippen molar-refractivity contribution in [1.29, 1.82) is 0 Å². The van der Waals surface area contributed by atoms with Gasteiger partial charge in [-0.1, -0.05) is 59.2 Å². The molecule has 0 spiro atoms. The molecule has 29 heavy (non-hydrogen) atoms. The minimum absolute atomic E-state index is 0.0433. The van der Waals surface area contributed by atoms with Gasteiger partial charge in [0.1, 0.15) is 17.1 Å². The van der Waals surface area contributed by atoms with Gasteiger partial charge in [0.2, 0.25) is 0 Å². The number of fused-ring (bicyclic) bond motifs is 1. The Hall–Kier alpha value is -3.80. The first-order valence-electron chi connectivity index (χ1n) is 8.76. The van der Waals surface area contributed by atoms with Crippen molar-refractivity contribution in [2.45, 2.75) is 6.04 Å². The fourth-order valence-electron chi connectivity index (χ4n) is 3.18. The highest BCUT2D eigenvalue weighted by Gasteiger charge is 2.23. The summed E-state index contributed by atoms with van der Waals surface area (Å²) in [5.74, 6) is 0.644. The smallest absolute Gasteiger partial charge is 0.147 e. The number of phenolic OH excluding ortho intramolecular Hbond substituents is 1.